The zero-order valence-corrected chi connectivity index (χ0v) is 35.2. The fourth-order valence-corrected chi connectivity index (χ4v) is 6.20. The van der Waals surface area contributed by atoms with Crippen molar-refractivity contribution in [2.24, 2.45) is 0 Å². The highest BCUT2D eigenvalue weighted by molar-refractivity contribution is 5.76. The lowest BCUT2D eigenvalue weighted by Gasteiger charge is -2.22. The maximum atomic E-state index is 12.4. The van der Waals surface area contributed by atoms with Crippen molar-refractivity contribution in [2.45, 2.75) is 206 Å². The van der Waals surface area contributed by atoms with E-state index in [0.717, 1.165) is 89.9 Å². The Morgan fingerprint density at radius 3 is 1.22 bits per heavy atom. The van der Waals surface area contributed by atoms with Gasteiger partial charge in [0.15, 0.2) is 0 Å². The summed E-state index contributed by atoms with van der Waals surface area (Å²) in [5, 5.41) is 23.1. The molecular formula is C50H85NO3. The molecule has 0 aliphatic carbocycles. The van der Waals surface area contributed by atoms with Gasteiger partial charge in [0, 0.05) is 6.42 Å². The molecule has 0 radical (unpaired) electrons. The molecule has 0 spiro atoms. The van der Waals surface area contributed by atoms with Crippen LogP contribution in [0.3, 0.4) is 0 Å². The van der Waals surface area contributed by atoms with Crippen LogP contribution in [0.25, 0.3) is 0 Å². The number of aliphatic hydroxyl groups excluding tert-OH is 2. The van der Waals surface area contributed by atoms with E-state index in [2.05, 4.69) is 116 Å². The number of hydrogen-bond acceptors (Lipinski definition) is 3. The van der Waals surface area contributed by atoms with Crippen molar-refractivity contribution in [1.29, 1.82) is 0 Å². The Hall–Kier alpha value is -2.69. The van der Waals surface area contributed by atoms with Crippen LogP contribution < -0.4 is 5.32 Å². The Bertz CT molecular complexity index is 1030. The second kappa shape index (κ2) is 44.7. The molecule has 1 amide bonds. The molecule has 308 valence electrons. The number of hydrogen-bond donors (Lipinski definition) is 3. The third-order valence-corrected chi connectivity index (χ3v) is 9.61. The van der Waals surface area contributed by atoms with Crippen molar-refractivity contribution in [1.82, 2.24) is 5.32 Å². The third kappa shape index (κ3) is 40.5. The largest absolute Gasteiger partial charge is 0.394 e. The number of aliphatic hydroxyl groups is 2. The highest BCUT2D eigenvalue weighted by Gasteiger charge is 2.19. The van der Waals surface area contributed by atoms with Gasteiger partial charge in [-0.05, 0) is 77.0 Å². The van der Waals surface area contributed by atoms with Gasteiger partial charge < -0.3 is 15.5 Å². The maximum Gasteiger partial charge on any atom is 0.220 e. The summed E-state index contributed by atoms with van der Waals surface area (Å²) in [6, 6.07) is -0.549. The van der Waals surface area contributed by atoms with E-state index in [0.29, 0.717) is 12.8 Å². The van der Waals surface area contributed by atoms with E-state index in [1.807, 2.05) is 0 Å². The van der Waals surface area contributed by atoms with E-state index in [1.165, 1.54) is 77.0 Å². The van der Waals surface area contributed by atoms with Gasteiger partial charge in [-0.3, -0.25) is 4.79 Å². The lowest BCUT2D eigenvalue weighted by molar-refractivity contribution is -0.123. The van der Waals surface area contributed by atoms with Crippen LogP contribution in [0.4, 0.5) is 0 Å². The molecule has 4 heteroatoms. The number of carbonyl (C=O) groups is 1. The Kier molecular flexibility index (Phi) is 42.5. The normalized spacial score (nSPS) is 13.9. The molecule has 3 N–H and O–H groups in total. The summed E-state index contributed by atoms with van der Waals surface area (Å²) in [5.74, 6) is -0.0522. The molecule has 0 saturated carbocycles. The summed E-state index contributed by atoms with van der Waals surface area (Å²) in [6.07, 6.45) is 66.3. The van der Waals surface area contributed by atoms with Gasteiger partial charge in [0.2, 0.25) is 5.91 Å². The van der Waals surface area contributed by atoms with Gasteiger partial charge in [0.25, 0.3) is 0 Å². The average Bonchev–Trinajstić information content (AvgIpc) is 3.18. The van der Waals surface area contributed by atoms with Crippen molar-refractivity contribution in [2.75, 3.05) is 6.61 Å². The number of allylic oxidation sites excluding steroid dienone is 16. The smallest absolute Gasteiger partial charge is 0.220 e. The minimum Gasteiger partial charge on any atom is -0.394 e. The molecule has 0 aromatic heterocycles. The number of nitrogens with one attached hydrogen (secondary N) is 1. The van der Waals surface area contributed by atoms with Gasteiger partial charge in [0.1, 0.15) is 0 Å². The first-order chi connectivity index (χ1) is 26.7. The van der Waals surface area contributed by atoms with E-state index in [1.54, 1.807) is 0 Å². The topological polar surface area (TPSA) is 69.6 Å². The summed E-state index contributed by atoms with van der Waals surface area (Å²) < 4.78 is 0. The summed E-state index contributed by atoms with van der Waals surface area (Å²) in [4.78, 5) is 12.4. The second-order valence-corrected chi connectivity index (χ2v) is 14.7. The van der Waals surface area contributed by atoms with Gasteiger partial charge in [-0.15, -0.1) is 0 Å². The molecule has 0 bridgehead atoms. The van der Waals surface area contributed by atoms with Gasteiger partial charge in [0.05, 0.1) is 18.8 Å². The molecule has 2 atom stereocenters. The number of unbranched alkanes of at least 4 members (excludes halogenated alkanes) is 16. The molecule has 0 saturated heterocycles. The average molecular weight is 748 g/mol. The molecule has 0 aromatic carbocycles. The van der Waals surface area contributed by atoms with Gasteiger partial charge in [-0.2, -0.15) is 0 Å². The fraction of sp³-hybridized carbons (Fsp3) is 0.660. The summed E-state index contributed by atoms with van der Waals surface area (Å²) in [6.45, 7) is 4.21. The first kappa shape index (κ1) is 51.3. The zero-order valence-electron chi connectivity index (χ0n) is 35.2. The lowest BCUT2D eigenvalue weighted by atomic mass is 10.0. The van der Waals surface area contributed by atoms with Crippen LogP contribution in [-0.2, 0) is 4.79 Å². The maximum absolute atomic E-state index is 12.4. The first-order valence-corrected chi connectivity index (χ1v) is 22.4. The predicted octanol–water partition coefficient (Wildman–Crippen LogP) is 14.2. The van der Waals surface area contributed by atoms with E-state index in [4.69, 9.17) is 0 Å². The van der Waals surface area contributed by atoms with Crippen molar-refractivity contribution >= 4 is 5.91 Å². The minimum absolute atomic E-state index is 0.0522. The van der Waals surface area contributed by atoms with Crippen LogP contribution in [0.2, 0.25) is 0 Å². The van der Waals surface area contributed by atoms with E-state index in [9.17, 15) is 15.0 Å². The monoisotopic (exact) mass is 748 g/mol. The van der Waals surface area contributed by atoms with E-state index in [-0.39, 0.29) is 12.5 Å². The first-order valence-electron chi connectivity index (χ1n) is 22.4. The lowest BCUT2D eigenvalue weighted by Crippen LogP contribution is -2.45. The molecular weight excluding hydrogens is 663 g/mol. The van der Waals surface area contributed by atoms with Crippen LogP contribution in [0.1, 0.15) is 194 Å². The molecule has 54 heavy (non-hydrogen) atoms. The van der Waals surface area contributed by atoms with Crippen LogP contribution in [0.15, 0.2) is 97.2 Å². The molecule has 0 aromatic rings. The molecule has 0 heterocycles. The van der Waals surface area contributed by atoms with Crippen LogP contribution in [-0.4, -0.2) is 34.9 Å². The van der Waals surface area contributed by atoms with Crippen LogP contribution in [0, 0.1) is 0 Å². The van der Waals surface area contributed by atoms with Gasteiger partial charge >= 0.3 is 0 Å². The molecule has 4 nitrogen and oxygen atoms in total. The number of rotatable bonds is 39. The summed E-state index contributed by atoms with van der Waals surface area (Å²) >= 11 is 0. The Labute approximate surface area is 334 Å². The van der Waals surface area contributed by atoms with Crippen LogP contribution in [0.5, 0.6) is 0 Å². The van der Waals surface area contributed by atoms with Crippen molar-refractivity contribution in [3.63, 3.8) is 0 Å². The number of amides is 1. The standard InChI is InChI=1S/C50H85NO3/c1-3-5-7-9-11-13-15-16-17-18-19-20-21-22-23-24-25-26-27-28-29-30-31-32-33-34-36-38-40-42-44-46-50(54)51-48(47-52)49(53)45-43-41-39-37-35-14-12-10-8-6-4-2/h5,7,11,13,16-17,19-20,22-23,25-26,28-29,31-32,48-49,52-53H,3-4,6,8-10,12,14-15,18,21,24,27,30,33-47H2,1-2H3,(H,51,54)/b7-5-,13-11-,17-16-,20-19-,23-22-,26-25-,29-28-,32-31-. The zero-order chi connectivity index (χ0) is 39.3. The minimum atomic E-state index is -0.670. The van der Waals surface area contributed by atoms with Crippen LogP contribution >= 0.6 is 0 Å². The Morgan fingerprint density at radius 2 is 0.815 bits per heavy atom. The highest BCUT2D eigenvalue weighted by Crippen LogP contribution is 2.14. The molecule has 0 fully saturated rings. The van der Waals surface area contributed by atoms with E-state index < -0.39 is 12.1 Å². The summed E-state index contributed by atoms with van der Waals surface area (Å²) in [5.41, 5.74) is 0. The van der Waals surface area contributed by atoms with E-state index >= 15 is 0 Å². The SMILES string of the molecule is CC/C=C\C/C=C\C/C=C\C/C=C\C/C=C\C/C=C\C/C=C\C/C=C\CCCCCCCCC(=O)NC(CO)C(O)CCCCCCCCCCCCC. The fourth-order valence-electron chi connectivity index (χ4n) is 6.20. The van der Waals surface area contributed by atoms with Crippen molar-refractivity contribution < 1.29 is 15.0 Å². The molecule has 0 aliphatic heterocycles. The molecule has 2 unspecified atom stereocenters. The molecule has 0 aliphatic rings. The summed E-state index contributed by atoms with van der Waals surface area (Å²) in [7, 11) is 0. The van der Waals surface area contributed by atoms with Crippen molar-refractivity contribution in [3.05, 3.63) is 97.2 Å². The predicted molar refractivity (Wildman–Crippen MR) is 239 cm³/mol. The Balaban J connectivity index is 3.64. The quantitative estimate of drug-likeness (QED) is 0.0433. The van der Waals surface area contributed by atoms with Gasteiger partial charge in [-0.25, -0.2) is 0 Å². The van der Waals surface area contributed by atoms with Crippen molar-refractivity contribution in [3.8, 4) is 0 Å². The highest BCUT2D eigenvalue weighted by atomic mass is 16.3. The molecule has 0 rings (SSSR count). The second-order valence-electron chi connectivity index (χ2n) is 14.7. The third-order valence-electron chi connectivity index (χ3n) is 9.61. The Morgan fingerprint density at radius 1 is 0.463 bits per heavy atom. The van der Waals surface area contributed by atoms with Gasteiger partial charge in [-0.1, -0.05) is 207 Å². The number of carbonyl (C=O) groups excluding carboxylic acids is 1.